The standard InChI is InChI=1S/C17H12BrClN4OS/c1-25-17-21-16(24)14-12-8-10(18)5-6-13(12)20-15(23(14)22-17)9-3-2-4-11(19)7-9/h2-8,15H,1H3,(H,21,22,24)/t15-/m0/s1. The van der Waals surface area contributed by atoms with Gasteiger partial charge in [0.2, 0.25) is 0 Å². The molecule has 0 bridgehead atoms. The molecule has 2 aromatic rings. The maximum atomic E-state index is 12.7. The van der Waals surface area contributed by atoms with Gasteiger partial charge in [-0.3, -0.25) is 15.1 Å². The van der Waals surface area contributed by atoms with Crippen LogP contribution >= 0.6 is 39.3 Å². The van der Waals surface area contributed by atoms with E-state index >= 15 is 0 Å². The largest absolute Gasteiger partial charge is 0.298 e. The normalized spacial score (nSPS) is 18.8. The molecule has 2 aliphatic rings. The van der Waals surface area contributed by atoms with E-state index in [4.69, 9.17) is 16.6 Å². The fourth-order valence-corrected chi connectivity index (χ4v) is 3.75. The van der Waals surface area contributed by atoms with Gasteiger partial charge >= 0.3 is 0 Å². The molecule has 0 aromatic heterocycles. The molecule has 0 fully saturated rings. The number of benzene rings is 2. The molecule has 2 heterocycles. The van der Waals surface area contributed by atoms with Gasteiger partial charge in [0.15, 0.2) is 11.3 Å². The van der Waals surface area contributed by atoms with Crippen molar-refractivity contribution >= 4 is 56.1 Å². The van der Waals surface area contributed by atoms with Crippen LogP contribution in [-0.2, 0) is 4.79 Å². The molecule has 1 amide bonds. The van der Waals surface area contributed by atoms with Crippen LogP contribution in [0, 0.1) is 0 Å². The zero-order chi connectivity index (χ0) is 17.6. The van der Waals surface area contributed by atoms with Crippen molar-refractivity contribution in [2.45, 2.75) is 6.17 Å². The highest BCUT2D eigenvalue weighted by atomic mass is 79.9. The SMILES string of the molecule is CSC1=NN2C(=c3cc(Br)ccc3=N[C@@H]2c2cccc(Cl)c2)C(=O)N1. The first-order valence-corrected chi connectivity index (χ1v) is 9.83. The summed E-state index contributed by atoms with van der Waals surface area (Å²) in [5.74, 6) is -0.194. The number of thioether (sulfide) groups is 1. The summed E-state index contributed by atoms with van der Waals surface area (Å²) < 4.78 is 0.877. The summed E-state index contributed by atoms with van der Waals surface area (Å²) in [4.78, 5) is 17.6. The van der Waals surface area contributed by atoms with Crippen molar-refractivity contribution in [3.8, 4) is 0 Å². The number of amides is 1. The first-order valence-electron chi connectivity index (χ1n) is 7.43. The van der Waals surface area contributed by atoms with Crippen LogP contribution < -0.4 is 15.9 Å². The molecule has 0 saturated carbocycles. The number of halogens is 2. The first kappa shape index (κ1) is 16.6. The summed E-state index contributed by atoms with van der Waals surface area (Å²) in [5.41, 5.74) is 1.35. The lowest BCUT2D eigenvalue weighted by atomic mass is 10.1. The molecule has 0 aliphatic carbocycles. The van der Waals surface area contributed by atoms with E-state index in [9.17, 15) is 4.79 Å². The fraction of sp³-hybridized carbons (Fsp3) is 0.118. The van der Waals surface area contributed by atoms with E-state index in [1.807, 2.05) is 48.7 Å². The quantitative estimate of drug-likeness (QED) is 0.749. The van der Waals surface area contributed by atoms with Crippen molar-refractivity contribution in [1.29, 1.82) is 0 Å². The van der Waals surface area contributed by atoms with E-state index in [0.717, 1.165) is 20.6 Å². The van der Waals surface area contributed by atoms with Crippen LogP contribution in [0.15, 0.2) is 57.0 Å². The van der Waals surface area contributed by atoms with Gasteiger partial charge in [-0.2, -0.15) is 0 Å². The number of nitrogens with one attached hydrogen (secondary N) is 1. The van der Waals surface area contributed by atoms with Crippen LogP contribution in [-0.4, -0.2) is 22.3 Å². The Morgan fingerprint density at radius 1 is 1.28 bits per heavy atom. The smallest absolute Gasteiger partial charge is 0.276 e. The average molecular weight is 436 g/mol. The monoisotopic (exact) mass is 434 g/mol. The van der Waals surface area contributed by atoms with Gasteiger partial charge in [-0.1, -0.05) is 51.4 Å². The van der Waals surface area contributed by atoms with E-state index in [-0.39, 0.29) is 5.91 Å². The van der Waals surface area contributed by atoms with E-state index in [1.54, 1.807) is 5.01 Å². The van der Waals surface area contributed by atoms with Crippen molar-refractivity contribution in [2.75, 3.05) is 6.26 Å². The van der Waals surface area contributed by atoms with Gasteiger partial charge < -0.3 is 0 Å². The van der Waals surface area contributed by atoms with Crippen molar-refractivity contribution < 1.29 is 4.79 Å². The molecule has 0 spiro atoms. The van der Waals surface area contributed by atoms with Crippen molar-refractivity contribution in [3.63, 3.8) is 0 Å². The summed E-state index contributed by atoms with van der Waals surface area (Å²) in [6.07, 6.45) is 1.42. The molecule has 0 radical (unpaired) electrons. The van der Waals surface area contributed by atoms with Crippen LogP contribution in [0.3, 0.4) is 0 Å². The van der Waals surface area contributed by atoms with Gasteiger partial charge in [-0.05, 0) is 42.2 Å². The molecule has 1 N–H and O–H groups in total. The maximum Gasteiger partial charge on any atom is 0.276 e. The highest BCUT2D eigenvalue weighted by molar-refractivity contribution is 9.10. The number of amidine groups is 1. The zero-order valence-corrected chi connectivity index (χ0v) is 16.2. The molecular formula is C17H12BrClN4OS. The Labute approximate surface area is 161 Å². The molecule has 0 saturated heterocycles. The number of rotatable bonds is 1. The van der Waals surface area contributed by atoms with Crippen LogP contribution in [0.5, 0.6) is 0 Å². The second-order valence-electron chi connectivity index (χ2n) is 5.48. The van der Waals surface area contributed by atoms with Crippen LogP contribution in [0.25, 0.3) is 5.70 Å². The highest BCUT2D eigenvalue weighted by Gasteiger charge is 2.34. The summed E-state index contributed by atoms with van der Waals surface area (Å²) in [6.45, 7) is 0. The number of carbonyl (C=O) groups is 1. The van der Waals surface area contributed by atoms with Crippen LogP contribution in [0.4, 0.5) is 0 Å². The molecular weight excluding hydrogens is 424 g/mol. The van der Waals surface area contributed by atoms with E-state index in [1.165, 1.54) is 11.8 Å². The minimum atomic E-state index is -0.449. The highest BCUT2D eigenvalue weighted by Crippen LogP contribution is 2.31. The molecule has 126 valence electrons. The van der Waals surface area contributed by atoms with E-state index in [0.29, 0.717) is 15.9 Å². The number of hydrogen-bond acceptors (Lipinski definition) is 5. The van der Waals surface area contributed by atoms with E-state index in [2.05, 4.69) is 26.3 Å². The average Bonchev–Trinajstić information content (AvgIpc) is 2.60. The lowest BCUT2D eigenvalue weighted by Crippen LogP contribution is -2.50. The fourth-order valence-electron chi connectivity index (χ4n) is 2.83. The molecule has 4 rings (SSSR count). The summed E-state index contributed by atoms with van der Waals surface area (Å²) >= 11 is 11.0. The van der Waals surface area contributed by atoms with Gasteiger partial charge in [0.05, 0.1) is 5.36 Å². The Bertz CT molecular complexity index is 1040. The predicted molar refractivity (Wildman–Crippen MR) is 103 cm³/mol. The third kappa shape index (κ3) is 2.96. The lowest BCUT2D eigenvalue weighted by molar-refractivity contribution is -0.116. The minimum absolute atomic E-state index is 0.194. The predicted octanol–water partition coefficient (Wildman–Crippen LogP) is 2.61. The van der Waals surface area contributed by atoms with Gasteiger partial charge in [-0.15, -0.1) is 5.10 Å². The van der Waals surface area contributed by atoms with Crippen molar-refractivity contribution in [2.24, 2.45) is 10.1 Å². The summed E-state index contributed by atoms with van der Waals surface area (Å²) in [7, 11) is 0. The summed E-state index contributed by atoms with van der Waals surface area (Å²) in [6, 6.07) is 13.1. The number of hydrazone groups is 1. The van der Waals surface area contributed by atoms with Crippen LogP contribution in [0.2, 0.25) is 5.02 Å². The molecule has 8 heteroatoms. The minimum Gasteiger partial charge on any atom is -0.298 e. The second kappa shape index (κ2) is 6.48. The lowest BCUT2D eigenvalue weighted by Gasteiger charge is -2.34. The van der Waals surface area contributed by atoms with E-state index < -0.39 is 6.17 Å². The topological polar surface area (TPSA) is 57.1 Å². The maximum absolute atomic E-state index is 12.7. The Hall–Kier alpha value is -1.83. The molecule has 25 heavy (non-hydrogen) atoms. The van der Waals surface area contributed by atoms with Gasteiger partial charge in [-0.25, -0.2) is 5.01 Å². The second-order valence-corrected chi connectivity index (χ2v) is 7.62. The Morgan fingerprint density at radius 2 is 2.12 bits per heavy atom. The first-order chi connectivity index (χ1) is 12.1. The van der Waals surface area contributed by atoms with Crippen molar-refractivity contribution in [3.05, 3.63) is 68.1 Å². The Balaban J connectivity index is 2.01. The number of fused-ring (bicyclic) bond motifs is 2. The summed E-state index contributed by atoms with van der Waals surface area (Å²) in [5, 5.41) is 11.7. The number of hydrogen-bond donors (Lipinski definition) is 1. The van der Waals surface area contributed by atoms with Gasteiger partial charge in [0.25, 0.3) is 5.91 Å². The molecule has 2 aromatic carbocycles. The Morgan fingerprint density at radius 3 is 2.88 bits per heavy atom. The Kier molecular flexibility index (Phi) is 4.31. The number of carbonyl (C=O) groups excluding carboxylic acids is 1. The molecule has 0 unspecified atom stereocenters. The van der Waals surface area contributed by atoms with Crippen LogP contribution in [0.1, 0.15) is 11.7 Å². The molecule has 1 atom stereocenters. The molecule has 5 nitrogen and oxygen atoms in total. The number of nitrogens with zero attached hydrogens (tertiary/aromatic N) is 3. The van der Waals surface area contributed by atoms with Crippen molar-refractivity contribution in [1.82, 2.24) is 10.3 Å². The zero-order valence-electron chi connectivity index (χ0n) is 13.0. The van der Waals surface area contributed by atoms with Gasteiger partial charge in [0.1, 0.15) is 5.70 Å². The third-order valence-corrected chi connectivity index (χ3v) is 5.21. The van der Waals surface area contributed by atoms with Gasteiger partial charge in [0, 0.05) is 14.7 Å². The third-order valence-electron chi connectivity index (χ3n) is 3.91. The molecule has 2 aliphatic heterocycles.